The van der Waals surface area contributed by atoms with Crippen LogP contribution in [-0.4, -0.2) is 44.7 Å². The van der Waals surface area contributed by atoms with E-state index >= 15 is 0 Å². The van der Waals surface area contributed by atoms with Crippen LogP contribution in [0.15, 0.2) is 30.3 Å². The van der Waals surface area contributed by atoms with Gasteiger partial charge in [0.15, 0.2) is 0 Å². The first kappa shape index (κ1) is 15.0. The summed E-state index contributed by atoms with van der Waals surface area (Å²) in [7, 11) is 6.31. The lowest BCUT2D eigenvalue weighted by atomic mass is 9.92. The summed E-state index contributed by atoms with van der Waals surface area (Å²) in [6, 6.07) is 10.1. The Labute approximate surface area is 122 Å². The Hall–Kier alpha value is -1.35. The van der Waals surface area contributed by atoms with Gasteiger partial charge in [-0.2, -0.15) is 0 Å². The second kappa shape index (κ2) is 5.57. The van der Waals surface area contributed by atoms with Crippen molar-refractivity contribution in [2.24, 2.45) is 5.92 Å². The zero-order chi connectivity index (χ0) is 14.8. The highest BCUT2D eigenvalue weighted by Gasteiger charge is 2.61. The zero-order valence-corrected chi connectivity index (χ0v) is 13.1. The average molecular weight is 276 g/mol. The minimum Gasteiger partial charge on any atom is -0.459 e. The fourth-order valence-electron chi connectivity index (χ4n) is 2.82. The standard InChI is InChI=1S/C17H26NO2/c1-5-14-13-17(14,15-9-7-6-8-10-15)16(19)20-12-11-18(2,3)4/h6-10,14H,5,11-13H2,1-4H3/q+1. The number of rotatable bonds is 6. The number of benzene rings is 1. The van der Waals surface area contributed by atoms with Crippen LogP contribution in [0.1, 0.15) is 25.3 Å². The minimum absolute atomic E-state index is 0.0380. The van der Waals surface area contributed by atoms with E-state index in [9.17, 15) is 4.79 Å². The van der Waals surface area contributed by atoms with Crippen molar-refractivity contribution in [3.63, 3.8) is 0 Å². The summed E-state index contributed by atoms with van der Waals surface area (Å²) in [5.74, 6) is 0.394. The van der Waals surface area contributed by atoms with Crippen LogP contribution in [0.4, 0.5) is 0 Å². The molecule has 0 amide bonds. The van der Waals surface area contributed by atoms with Gasteiger partial charge in [-0.3, -0.25) is 4.79 Å². The van der Waals surface area contributed by atoms with Gasteiger partial charge in [-0.25, -0.2) is 0 Å². The molecule has 3 nitrogen and oxygen atoms in total. The molecular weight excluding hydrogens is 250 g/mol. The van der Waals surface area contributed by atoms with E-state index in [0.717, 1.165) is 29.4 Å². The van der Waals surface area contributed by atoms with Crippen LogP contribution in [-0.2, 0) is 14.9 Å². The molecule has 0 bridgehead atoms. The maximum Gasteiger partial charge on any atom is 0.317 e. The molecule has 110 valence electrons. The smallest absolute Gasteiger partial charge is 0.317 e. The molecule has 1 aliphatic rings. The molecule has 2 rings (SSSR count). The van der Waals surface area contributed by atoms with Crippen molar-refractivity contribution in [2.45, 2.75) is 25.2 Å². The SMILES string of the molecule is CCC1CC1(C(=O)OCC[N+](C)(C)C)c1ccccc1. The molecule has 1 aromatic carbocycles. The third-order valence-electron chi connectivity index (χ3n) is 4.25. The molecule has 0 spiro atoms. The molecule has 1 fully saturated rings. The fourth-order valence-corrected chi connectivity index (χ4v) is 2.82. The van der Waals surface area contributed by atoms with Gasteiger partial charge >= 0.3 is 5.97 Å². The number of hydrogen-bond acceptors (Lipinski definition) is 2. The van der Waals surface area contributed by atoms with Gasteiger partial charge in [0.05, 0.1) is 26.6 Å². The molecular formula is C17H26NO2+. The van der Waals surface area contributed by atoms with Gasteiger partial charge in [0, 0.05) is 0 Å². The average Bonchev–Trinajstić information content (AvgIpc) is 3.14. The predicted molar refractivity (Wildman–Crippen MR) is 80.4 cm³/mol. The van der Waals surface area contributed by atoms with E-state index in [0.29, 0.717) is 12.5 Å². The number of ether oxygens (including phenoxy) is 1. The lowest BCUT2D eigenvalue weighted by molar-refractivity contribution is -0.870. The molecule has 2 atom stereocenters. The van der Waals surface area contributed by atoms with Crippen molar-refractivity contribution in [3.05, 3.63) is 35.9 Å². The zero-order valence-electron chi connectivity index (χ0n) is 13.1. The molecule has 3 heteroatoms. The van der Waals surface area contributed by atoms with Crippen LogP contribution >= 0.6 is 0 Å². The number of carbonyl (C=O) groups excluding carboxylic acids is 1. The number of quaternary nitrogens is 1. The molecule has 20 heavy (non-hydrogen) atoms. The van der Waals surface area contributed by atoms with E-state index in [1.165, 1.54) is 0 Å². The molecule has 0 radical (unpaired) electrons. The van der Waals surface area contributed by atoms with Crippen LogP contribution in [0, 0.1) is 5.92 Å². The minimum atomic E-state index is -0.374. The third-order valence-corrected chi connectivity index (χ3v) is 4.25. The highest BCUT2D eigenvalue weighted by atomic mass is 16.5. The Morgan fingerprint density at radius 2 is 1.95 bits per heavy atom. The summed E-state index contributed by atoms with van der Waals surface area (Å²) < 4.78 is 6.39. The second-order valence-electron chi connectivity index (χ2n) is 6.80. The molecule has 1 saturated carbocycles. The Morgan fingerprint density at radius 1 is 1.30 bits per heavy atom. The van der Waals surface area contributed by atoms with Gasteiger partial charge in [0.2, 0.25) is 0 Å². The van der Waals surface area contributed by atoms with Crippen molar-refractivity contribution in [1.29, 1.82) is 0 Å². The quantitative estimate of drug-likeness (QED) is 0.590. The second-order valence-corrected chi connectivity index (χ2v) is 6.80. The summed E-state index contributed by atoms with van der Waals surface area (Å²) in [5.41, 5.74) is 0.739. The first-order chi connectivity index (χ1) is 9.40. The normalized spacial score (nSPS) is 25.3. The van der Waals surface area contributed by atoms with E-state index in [1.54, 1.807) is 0 Å². The predicted octanol–water partition coefficient (Wildman–Crippen LogP) is 2.60. The monoisotopic (exact) mass is 276 g/mol. The summed E-state index contributed by atoms with van der Waals surface area (Å²) in [6.45, 7) is 3.48. The van der Waals surface area contributed by atoms with Crippen molar-refractivity contribution in [1.82, 2.24) is 0 Å². The molecule has 1 aromatic rings. The van der Waals surface area contributed by atoms with E-state index in [2.05, 4.69) is 40.2 Å². The molecule has 1 aliphatic carbocycles. The highest BCUT2D eigenvalue weighted by molar-refractivity contribution is 5.87. The Kier molecular flexibility index (Phi) is 4.19. The van der Waals surface area contributed by atoms with Crippen molar-refractivity contribution >= 4 is 5.97 Å². The molecule has 0 heterocycles. The van der Waals surface area contributed by atoms with E-state index in [1.807, 2.05) is 18.2 Å². The lowest BCUT2D eigenvalue weighted by Gasteiger charge is -2.24. The maximum absolute atomic E-state index is 12.6. The topological polar surface area (TPSA) is 26.3 Å². The molecule has 0 N–H and O–H groups in total. The van der Waals surface area contributed by atoms with Gasteiger partial charge in [-0.05, 0) is 17.9 Å². The molecule has 0 saturated heterocycles. The van der Waals surface area contributed by atoms with Crippen LogP contribution in [0.2, 0.25) is 0 Å². The van der Waals surface area contributed by atoms with Crippen molar-refractivity contribution in [2.75, 3.05) is 34.3 Å². The van der Waals surface area contributed by atoms with E-state index in [-0.39, 0.29) is 11.4 Å². The van der Waals surface area contributed by atoms with Crippen LogP contribution in [0.3, 0.4) is 0 Å². The summed E-state index contributed by atoms with van der Waals surface area (Å²) in [4.78, 5) is 12.6. The molecule has 0 aromatic heterocycles. The van der Waals surface area contributed by atoms with Crippen molar-refractivity contribution in [3.8, 4) is 0 Å². The Balaban J connectivity index is 2.05. The van der Waals surface area contributed by atoms with Crippen LogP contribution < -0.4 is 0 Å². The summed E-state index contributed by atoms with van der Waals surface area (Å²) in [6.07, 6.45) is 1.95. The Morgan fingerprint density at radius 3 is 2.45 bits per heavy atom. The third kappa shape index (κ3) is 3.04. The van der Waals surface area contributed by atoms with E-state index in [4.69, 9.17) is 4.74 Å². The van der Waals surface area contributed by atoms with Gasteiger partial charge < -0.3 is 9.22 Å². The van der Waals surface area contributed by atoms with Gasteiger partial charge in [-0.15, -0.1) is 0 Å². The number of esters is 1. The van der Waals surface area contributed by atoms with Gasteiger partial charge in [0.25, 0.3) is 0 Å². The number of hydrogen-bond donors (Lipinski definition) is 0. The van der Waals surface area contributed by atoms with Gasteiger partial charge in [-0.1, -0.05) is 43.7 Å². The summed E-state index contributed by atoms with van der Waals surface area (Å²) >= 11 is 0. The van der Waals surface area contributed by atoms with E-state index < -0.39 is 0 Å². The maximum atomic E-state index is 12.6. The fraction of sp³-hybridized carbons (Fsp3) is 0.588. The van der Waals surface area contributed by atoms with Gasteiger partial charge in [0.1, 0.15) is 13.2 Å². The first-order valence-corrected chi connectivity index (χ1v) is 7.43. The molecule has 2 unspecified atom stereocenters. The highest BCUT2D eigenvalue weighted by Crippen LogP contribution is 2.56. The first-order valence-electron chi connectivity index (χ1n) is 7.43. The summed E-state index contributed by atoms with van der Waals surface area (Å²) in [5, 5.41) is 0. The van der Waals surface area contributed by atoms with Crippen molar-refractivity contribution < 1.29 is 14.0 Å². The number of nitrogens with zero attached hydrogens (tertiary/aromatic N) is 1. The Bertz CT molecular complexity index is 464. The lowest BCUT2D eigenvalue weighted by Crippen LogP contribution is -2.39. The van der Waals surface area contributed by atoms with Crippen LogP contribution in [0.5, 0.6) is 0 Å². The van der Waals surface area contributed by atoms with Crippen LogP contribution in [0.25, 0.3) is 0 Å². The molecule has 0 aliphatic heterocycles. The number of likely N-dealkylation sites (N-methyl/N-ethyl adjacent to an activating group) is 1. The largest absolute Gasteiger partial charge is 0.459 e. The number of carbonyl (C=O) groups is 1.